The van der Waals surface area contributed by atoms with Crippen LogP contribution in [0.25, 0.3) is 11.1 Å². The first-order chi connectivity index (χ1) is 10.2. The summed E-state index contributed by atoms with van der Waals surface area (Å²) in [6, 6.07) is 9.67. The number of carbonyl (C=O) groups is 1. The van der Waals surface area contributed by atoms with Crippen molar-refractivity contribution in [1.82, 2.24) is 0 Å². The fraction of sp³-hybridized carbons (Fsp3) is 0.235. The molecule has 5 heteroatoms. The van der Waals surface area contributed by atoms with Gasteiger partial charge in [-0.1, -0.05) is 18.2 Å². The standard InChI is InChI=1S/C17H19FN2O2/c1-17(2,3)22-16(21)12-7-5-4-6-10(12)11-8-9-13(19)15(20)14(11)18/h4-9H,19-20H2,1-3H3. The van der Waals surface area contributed by atoms with Crippen molar-refractivity contribution < 1.29 is 13.9 Å². The molecule has 4 nitrogen and oxygen atoms in total. The number of rotatable bonds is 2. The minimum Gasteiger partial charge on any atom is -0.456 e. The highest BCUT2D eigenvalue weighted by Crippen LogP contribution is 2.32. The predicted octanol–water partition coefficient (Wildman–Crippen LogP) is 3.61. The Morgan fingerprint density at radius 2 is 1.68 bits per heavy atom. The van der Waals surface area contributed by atoms with Crippen molar-refractivity contribution in [3.05, 3.63) is 47.8 Å². The largest absolute Gasteiger partial charge is 0.456 e. The van der Waals surface area contributed by atoms with E-state index in [0.29, 0.717) is 5.56 Å². The number of hydrogen-bond acceptors (Lipinski definition) is 4. The van der Waals surface area contributed by atoms with E-state index in [1.807, 2.05) is 0 Å². The summed E-state index contributed by atoms with van der Waals surface area (Å²) in [5.41, 5.74) is 11.5. The zero-order valence-corrected chi connectivity index (χ0v) is 12.8. The first kappa shape index (κ1) is 15.8. The first-order valence-corrected chi connectivity index (χ1v) is 6.87. The van der Waals surface area contributed by atoms with Gasteiger partial charge in [-0.05, 0) is 44.5 Å². The summed E-state index contributed by atoms with van der Waals surface area (Å²) >= 11 is 0. The van der Waals surface area contributed by atoms with Crippen LogP contribution in [0.15, 0.2) is 36.4 Å². The lowest BCUT2D eigenvalue weighted by Gasteiger charge is -2.20. The minimum atomic E-state index is -0.643. The molecular weight excluding hydrogens is 283 g/mol. The highest BCUT2D eigenvalue weighted by atomic mass is 19.1. The van der Waals surface area contributed by atoms with E-state index in [1.54, 1.807) is 45.0 Å². The number of halogens is 1. The Morgan fingerprint density at radius 3 is 2.32 bits per heavy atom. The summed E-state index contributed by atoms with van der Waals surface area (Å²) in [4.78, 5) is 12.3. The molecule has 2 aromatic carbocycles. The van der Waals surface area contributed by atoms with Crippen LogP contribution in [0.1, 0.15) is 31.1 Å². The van der Waals surface area contributed by atoms with Crippen molar-refractivity contribution in [3.8, 4) is 11.1 Å². The van der Waals surface area contributed by atoms with Crippen molar-refractivity contribution >= 4 is 17.3 Å². The van der Waals surface area contributed by atoms with Gasteiger partial charge in [-0.25, -0.2) is 9.18 Å². The molecular formula is C17H19FN2O2. The topological polar surface area (TPSA) is 78.3 Å². The first-order valence-electron chi connectivity index (χ1n) is 6.87. The molecule has 0 atom stereocenters. The molecule has 0 bridgehead atoms. The zero-order valence-electron chi connectivity index (χ0n) is 12.8. The fourth-order valence-corrected chi connectivity index (χ4v) is 2.04. The second kappa shape index (κ2) is 5.67. The van der Waals surface area contributed by atoms with Crippen LogP contribution in [0.3, 0.4) is 0 Å². The number of nitrogen functional groups attached to an aromatic ring is 2. The Labute approximate surface area is 128 Å². The summed E-state index contributed by atoms with van der Waals surface area (Å²) in [7, 11) is 0. The Balaban J connectivity index is 2.54. The molecule has 0 radical (unpaired) electrons. The average molecular weight is 302 g/mol. The third kappa shape index (κ3) is 3.19. The number of esters is 1. The number of carbonyl (C=O) groups excluding carboxylic acids is 1. The third-order valence-corrected chi connectivity index (χ3v) is 3.05. The van der Waals surface area contributed by atoms with E-state index in [4.69, 9.17) is 16.2 Å². The van der Waals surface area contributed by atoms with Crippen LogP contribution >= 0.6 is 0 Å². The zero-order chi connectivity index (χ0) is 16.5. The van der Waals surface area contributed by atoms with Gasteiger partial charge in [-0.3, -0.25) is 0 Å². The molecule has 0 saturated carbocycles. The number of anilines is 2. The molecule has 2 rings (SSSR count). The van der Waals surface area contributed by atoms with Crippen molar-refractivity contribution in [2.45, 2.75) is 26.4 Å². The predicted molar refractivity (Wildman–Crippen MR) is 85.8 cm³/mol. The molecule has 4 N–H and O–H groups in total. The maximum Gasteiger partial charge on any atom is 0.339 e. The van der Waals surface area contributed by atoms with Crippen molar-refractivity contribution in [3.63, 3.8) is 0 Å². The molecule has 0 aliphatic rings. The number of ether oxygens (including phenoxy) is 1. The quantitative estimate of drug-likeness (QED) is 0.656. The lowest BCUT2D eigenvalue weighted by molar-refractivity contribution is 0.00705. The van der Waals surface area contributed by atoms with E-state index in [9.17, 15) is 9.18 Å². The molecule has 0 aliphatic carbocycles. The maximum atomic E-state index is 14.4. The van der Waals surface area contributed by atoms with Crippen LogP contribution < -0.4 is 11.5 Å². The van der Waals surface area contributed by atoms with E-state index in [-0.39, 0.29) is 22.5 Å². The van der Waals surface area contributed by atoms with Crippen LogP contribution in [-0.2, 0) is 4.74 Å². The van der Waals surface area contributed by atoms with Crippen LogP contribution in [0.5, 0.6) is 0 Å². The van der Waals surface area contributed by atoms with Crippen LogP contribution in [0.2, 0.25) is 0 Å². The van der Waals surface area contributed by atoms with Gasteiger partial charge in [0, 0.05) is 5.56 Å². The van der Waals surface area contributed by atoms with Crippen molar-refractivity contribution in [1.29, 1.82) is 0 Å². The highest BCUT2D eigenvalue weighted by Gasteiger charge is 2.22. The maximum absolute atomic E-state index is 14.4. The van der Waals surface area contributed by atoms with Gasteiger partial charge in [0.05, 0.1) is 16.9 Å². The van der Waals surface area contributed by atoms with Crippen LogP contribution in [0, 0.1) is 5.82 Å². The molecule has 0 aliphatic heterocycles. The van der Waals surface area contributed by atoms with E-state index in [1.165, 1.54) is 12.1 Å². The molecule has 116 valence electrons. The van der Waals surface area contributed by atoms with Gasteiger partial charge in [0.25, 0.3) is 0 Å². The summed E-state index contributed by atoms with van der Waals surface area (Å²) in [6.07, 6.45) is 0. The summed E-state index contributed by atoms with van der Waals surface area (Å²) in [5.74, 6) is -1.16. The van der Waals surface area contributed by atoms with E-state index >= 15 is 0 Å². The van der Waals surface area contributed by atoms with Crippen molar-refractivity contribution in [2.75, 3.05) is 11.5 Å². The molecule has 0 spiro atoms. The average Bonchev–Trinajstić information content (AvgIpc) is 2.43. The van der Waals surface area contributed by atoms with Gasteiger partial charge in [-0.15, -0.1) is 0 Å². The fourth-order valence-electron chi connectivity index (χ4n) is 2.04. The molecule has 2 aromatic rings. The number of benzene rings is 2. The van der Waals surface area contributed by atoms with Crippen LogP contribution in [-0.4, -0.2) is 11.6 Å². The molecule has 0 unspecified atom stereocenters. The SMILES string of the molecule is CC(C)(C)OC(=O)c1ccccc1-c1ccc(N)c(N)c1F. The normalized spacial score (nSPS) is 11.3. The van der Waals surface area contributed by atoms with Gasteiger partial charge in [0.1, 0.15) is 5.60 Å². The molecule has 0 aromatic heterocycles. The summed E-state index contributed by atoms with van der Waals surface area (Å²) < 4.78 is 19.7. The van der Waals surface area contributed by atoms with Gasteiger partial charge in [0.2, 0.25) is 0 Å². The van der Waals surface area contributed by atoms with Gasteiger partial charge in [-0.2, -0.15) is 0 Å². The molecule has 0 amide bonds. The van der Waals surface area contributed by atoms with Gasteiger partial charge in [0.15, 0.2) is 5.82 Å². The van der Waals surface area contributed by atoms with Crippen LogP contribution in [0.4, 0.5) is 15.8 Å². The summed E-state index contributed by atoms with van der Waals surface area (Å²) in [6.45, 7) is 5.32. The monoisotopic (exact) mass is 302 g/mol. The second-order valence-corrected chi connectivity index (χ2v) is 5.98. The lowest BCUT2D eigenvalue weighted by atomic mass is 9.98. The smallest absolute Gasteiger partial charge is 0.339 e. The minimum absolute atomic E-state index is 0.128. The lowest BCUT2D eigenvalue weighted by Crippen LogP contribution is -2.24. The highest BCUT2D eigenvalue weighted by molar-refractivity contribution is 5.98. The Hall–Kier alpha value is -2.56. The summed E-state index contributed by atoms with van der Waals surface area (Å²) in [5, 5.41) is 0. The van der Waals surface area contributed by atoms with Gasteiger partial charge < -0.3 is 16.2 Å². The Morgan fingerprint density at radius 1 is 1.05 bits per heavy atom. The third-order valence-electron chi connectivity index (χ3n) is 3.05. The molecule has 0 fully saturated rings. The second-order valence-electron chi connectivity index (χ2n) is 5.98. The molecule has 0 heterocycles. The van der Waals surface area contributed by atoms with E-state index in [0.717, 1.165) is 0 Å². The van der Waals surface area contributed by atoms with Crippen molar-refractivity contribution in [2.24, 2.45) is 0 Å². The molecule has 0 saturated heterocycles. The Bertz CT molecular complexity index is 721. The van der Waals surface area contributed by atoms with Gasteiger partial charge >= 0.3 is 5.97 Å². The number of hydrogen-bond donors (Lipinski definition) is 2. The van der Waals surface area contributed by atoms with E-state index < -0.39 is 17.4 Å². The molecule has 22 heavy (non-hydrogen) atoms. The Kier molecular flexibility index (Phi) is 4.08. The number of nitrogens with two attached hydrogens (primary N) is 2. The van der Waals surface area contributed by atoms with E-state index in [2.05, 4.69) is 0 Å².